The number of rotatable bonds is 2. The molecule has 0 aliphatic heterocycles. The SMILES string of the molecule is CC(C)(C)[S@+]([O-])/N=C/c1cc2cc(Br)ccc2nc1Cl. The van der Waals surface area contributed by atoms with Gasteiger partial charge in [-0.15, -0.1) is 0 Å². The zero-order valence-electron chi connectivity index (χ0n) is 11.4. The first-order valence-corrected chi connectivity index (χ1v) is 8.27. The first-order chi connectivity index (χ1) is 9.27. The number of hydrogen-bond donors (Lipinski definition) is 0. The van der Waals surface area contributed by atoms with Crippen molar-refractivity contribution in [2.24, 2.45) is 4.40 Å². The molecule has 1 aromatic carbocycles. The lowest BCUT2D eigenvalue weighted by Gasteiger charge is -2.17. The van der Waals surface area contributed by atoms with Crippen LogP contribution in [0, 0.1) is 0 Å². The first kappa shape index (κ1) is 15.8. The second-order valence-corrected chi connectivity index (χ2v) is 8.51. The van der Waals surface area contributed by atoms with E-state index in [9.17, 15) is 4.55 Å². The molecule has 0 N–H and O–H groups in total. The molecule has 20 heavy (non-hydrogen) atoms. The summed E-state index contributed by atoms with van der Waals surface area (Å²) < 4.78 is 16.6. The van der Waals surface area contributed by atoms with Crippen molar-refractivity contribution in [2.45, 2.75) is 25.5 Å². The van der Waals surface area contributed by atoms with E-state index in [2.05, 4.69) is 25.3 Å². The van der Waals surface area contributed by atoms with Crippen LogP contribution >= 0.6 is 27.5 Å². The molecule has 106 valence electrons. The summed E-state index contributed by atoms with van der Waals surface area (Å²) in [6.45, 7) is 5.62. The predicted molar refractivity (Wildman–Crippen MR) is 89.9 cm³/mol. The monoisotopic (exact) mass is 372 g/mol. The molecule has 0 bridgehead atoms. The van der Waals surface area contributed by atoms with E-state index in [0.29, 0.717) is 10.7 Å². The summed E-state index contributed by atoms with van der Waals surface area (Å²) in [5.74, 6) is 0. The number of hydrogen-bond acceptors (Lipinski definition) is 3. The standard InChI is InChI=1S/C14H14BrClN2OS/c1-14(2,3)20(19)17-8-10-6-9-7-11(15)4-5-12(9)18-13(10)16/h4-8H,1-3H3/b17-8+/t20-/m0/s1. The summed E-state index contributed by atoms with van der Waals surface area (Å²) in [5, 5.41) is 1.31. The molecule has 0 unspecified atom stereocenters. The second kappa shape index (κ2) is 6.02. The van der Waals surface area contributed by atoms with E-state index in [0.717, 1.165) is 15.4 Å². The van der Waals surface area contributed by atoms with Crippen LogP contribution in [0.2, 0.25) is 5.15 Å². The summed E-state index contributed by atoms with van der Waals surface area (Å²) >= 11 is 8.24. The molecule has 1 heterocycles. The maximum atomic E-state index is 11.9. The van der Waals surface area contributed by atoms with Crippen molar-refractivity contribution < 1.29 is 4.55 Å². The number of benzene rings is 1. The van der Waals surface area contributed by atoms with Gasteiger partial charge in [0.05, 0.1) is 11.7 Å². The molecule has 0 spiro atoms. The van der Waals surface area contributed by atoms with Crippen molar-refractivity contribution in [3.63, 3.8) is 0 Å². The third-order valence-electron chi connectivity index (χ3n) is 2.57. The highest BCUT2D eigenvalue weighted by Gasteiger charge is 2.25. The molecule has 0 aliphatic rings. The largest absolute Gasteiger partial charge is 0.591 e. The van der Waals surface area contributed by atoms with Crippen LogP contribution in [0.3, 0.4) is 0 Å². The normalized spacial score (nSPS) is 14.1. The fourth-order valence-corrected chi connectivity index (χ4v) is 2.59. The Kier molecular flexibility index (Phi) is 4.74. The van der Waals surface area contributed by atoms with Crippen molar-refractivity contribution >= 4 is 56.0 Å². The number of halogens is 2. The average Bonchev–Trinajstić information content (AvgIpc) is 2.35. The van der Waals surface area contributed by atoms with E-state index in [4.69, 9.17) is 11.6 Å². The van der Waals surface area contributed by atoms with E-state index in [1.165, 1.54) is 6.21 Å². The van der Waals surface area contributed by atoms with Crippen LogP contribution in [0.25, 0.3) is 10.9 Å². The maximum Gasteiger partial charge on any atom is 0.144 e. The second-order valence-electron chi connectivity index (χ2n) is 5.30. The molecule has 0 radical (unpaired) electrons. The highest BCUT2D eigenvalue weighted by atomic mass is 79.9. The summed E-state index contributed by atoms with van der Waals surface area (Å²) in [4.78, 5) is 4.31. The third-order valence-corrected chi connectivity index (χ3v) is 4.71. The van der Waals surface area contributed by atoms with Gasteiger partial charge in [0.25, 0.3) is 0 Å². The molecule has 3 nitrogen and oxygen atoms in total. The molecular formula is C14H14BrClN2OS. The van der Waals surface area contributed by atoms with Gasteiger partial charge in [-0.05, 0) is 45.0 Å². The Morgan fingerprint density at radius 3 is 2.70 bits per heavy atom. The van der Waals surface area contributed by atoms with Crippen molar-refractivity contribution in [3.8, 4) is 0 Å². The number of fused-ring (bicyclic) bond motifs is 1. The van der Waals surface area contributed by atoms with Gasteiger partial charge in [0, 0.05) is 15.4 Å². The molecule has 6 heteroatoms. The van der Waals surface area contributed by atoms with E-state index >= 15 is 0 Å². The molecule has 0 aliphatic carbocycles. The van der Waals surface area contributed by atoms with Gasteiger partial charge in [0.15, 0.2) is 0 Å². The highest BCUT2D eigenvalue weighted by Crippen LogP contribution is 2.23. The predicted octanol–water partition coefficient (Wildman–Crippen LogP) is 4.53. The van der Waals surface area contributed by atoms with E-state index in [1.54, 1.807) is 0 Å². The van der Waals surface area contributed by atoms with E-state index in [1.807, 2.05) is 45.0 Å². The van der Waals surface area contributed by atoms with Gasteiger partial charge >= 0.3 is 0 Å². The van der Waals surface area contributed by atoms with Crippen LogP contribution in [0.4, 0.5) is 0 Å². The van der Waals surface area contributed by atoms with Crippen LogP contribution < -0.4 is 0 Å². The number of aromatic nitrogens is 1. The summed E-state index contributed by atoms with van der Waals surface area (Å²) in [7, 11) is 0. The number of nitrogens with zero attached hydrogens (tertiary/aromatic N) is 2. The lowest BCUT2D eigenvalue weighted by Crippen LogP contribution is -2.25. The van der Waals surface area contributed by atoms with Crippen molar-refractivity contribution in [2.75, 3.05) is 0 Å². The van der Waals surface area contributed by atoms with Gasteiger partial charge in [-0.25, -0.2) is 4.98 Å². The maximum absolute atomic E-state index is 11.9. The summed E-state index contributed by atoms with van der Waals surface area (Å²) in [6, 6.07) is 7.64. The Morgan fingerprint density at radius 1 is 1.35 bits per heavy atom. The summed E-state index contributed by atoms with van der Waals surface area (Å²) in [6.07, 6.45) is 1.52. The minimum atomic E-state index is -1.31. The quantitative estimate of drug-likeness (QED) is 0.441. The highest BCUT2D eigenvalue weighted by molar-refractivity contribution is 9.10. The zero-order chi connectivity index (χ0) is 14.9. The minimum absolute atomic E-state index is 0.356. The van der Waals surface area contributed by atoms with Gasteiger partial charge in [-0.2, -0.15) is 0 Å². The number of pyridine rings is 1. The Labute approximate surface area is 134 Å². The summed E-state index contributed by atoms with van der Waals surface area (Å²) in [5.41, 5.74) is 1.47. The smallest absolute Gasteiger partial charge is 0.144 e. The van der Waals surface area contributed by atoms with Crippen LogP contribution in [-0.2, 0) is 11.4 Å². The minimum Gasteiger partial charge on any atom is -0.591 e. The van der Waals surface area contributed by atoms with Crippen molar-refractivity contribution in [1.82, 2.24) is 4.98 Å². The van der Waals surface area contributed by atoms with Gasteiger partial charge in [0.2, 0.25) is 0 Å². The van der Waals surface area contributed by atoms with Gasteiger partial charge in [-0.3, -0.25) is 0 Å². The Balaban J connectivity index is 2.39. The molecule has 0 saturated heterocycles. The molecule has 0 amide bonds. The van der Waals surface area contributed by atoms with Crippen LogP contribution in [0.1, 0.15) is 26.3 Å². The lowest BCUT2D eigenvalue weighted by atomic mass is 10.2. The fourth-order valence-electron chi connectivity index (χ4n) is 1.49. The van der Waals surface area contributed by atoms with Crippen LogP contribution in [-0.4, -0.2) is 20.5 Å². The van der Waals surface area contributed by atoms with Gasteiger partial charge in [0.1, 0.15) is 21.3 Å². The molecule has 1 aromatic heterocycles. The Hall–Kier alpha value is -0.620. The van der Waals surface area contributed by atoms with Crippen molar-refractivity contribution in [1.29, 1.82) is 0 Å². The Bertz CT molecular complexity index is 670. The topological polar surface area (TPSA) is 48.3 Å². The van der Waals surface area contributed by atoms with Crippen molar-refractivity contribution in [3.05, 3.63) is 39.5 Å². The molecule has 0 saturated carbocycles. The molecule has 2 rings (SSSR count). The molecule has 1 atom stereocenters. The lowest BCUT2D eigenvalue weighted by molar-refractivity contribution is 0.562. The van der Waals surface area contributed by atoms with E-state index in [-0.39, 0.29) is 0 Å². The first-order valence-electron chi connectivity index (χ1n) is 5.99. The van der Waals surface area contributed by atoms with Crippen LogP contribution in [0.5, 0.6) is 0 Å². The van der Waals surface area contributed by atoms with Gasteiger partial charge < -0.3 is 4.55 Å². The Morgan fingerprint density at radius 2 is 2.05 bits per heavy atom. The average molecular weight is 374 g/mol. The third kappa shape index (κ3) is 3.73. The fraction of sp³-hybridized carbons (Fsp3) is 0.286. The van der Waals surface area contributed by atoms with E-state index < -0.39 is 16.1 Å². The molecular weight excluding hydrogens is 360 g/mol. The molecule has 0 fully saturated rings. The zero-order valence-corrected chi connectivity index (χ0v) is 14.5. The molecule has 2 aromatic rings. The van der Waals surface area contributed by atoms with Gasteiger partial charge in [-0.1, -0.05) is 31.9 Å². The van der Waals surface area contributed by atoms with Crippen LogP contribution in [0.15, 0.2) is 33.1 Å².